The second-order valence-corrected chi connectivity index (χ2v) is 8.43. The third-order valence-electron chi connectivity index (χ3n) is 4.48. The number of aromatic nitrogens is 1. The lowest BCUT2D eigenvalue weighted by Crippen LogP contribution is -2.54. The molecule has 1 amide bonds. The number of carbonyl (C=O) groups is 1. The van der Waals surface area contributed by atoms with E-state index in [1.54, 1.807) is 18.0 Å². The summed E-state index contributed by atoms with van der Waals surface area (Å²) in [6.45, 7) is 11.6. The molecule has 2 heterocycles. The molecule has 0 aromatic carbocycles. The Hall–Kier alpha value is -2.42. The minimum Gasteiger partial charge on any atom is -0.444 e. The Morgan fingerprint density at radius 1 is 1.41 bits per heavy atom. The molecule has 1 aliphatic heterocycles. The summed E-state index contributed by atoms with van der Waals surface area (Å²) in [6.07, 6.45) is 0.891. The van der Waals surface area contributed by atoms with Crippen molar-refractivity contribution in [2.75, 3.05) is 13.6 Å². The van der Waals surface area contributed by atoms with Crippen LogP contribution in [-0.4, -0.2) is 59.0 Å². The van der Waals surface area contributed by atoms with Gasteiger partial charge in [-0.25, -0.2) is 9.18 Å². The summed E-state index contributed by atoms with van der Waals surface area (Å²) in [5.74, 6) is 0.0854. The van der Waals surface area contributed by atoms with Crippen molar-refractivity contribution in [3.8, 4) is 0 Å². The molecule has 1 aromatic rings. The summed E-state index contributed by atoms with van der Waals surface area (Å²) < 4.78 is 25.3. The first-order chi connectivity index (χ1) is 13.4. The minimum atomic E-state index is -0.803. The van der Waals surface area contributed by atoms with Gasteiger partial charge in [0.15, 0.2) is 5.96 Å². The van der Waals surface area contributed by atoms with Crippen molar-refractivity contribution in [1.29, 1.82) is 0 Å². The molecule has 0 radical (unpaired) electrons. The zero-order valence-electron chi connectivity index (χ0n) is 18.2. The highest BCUT2D eigenvalue weighted by Crippen LogP contribution is 2.33. The van der Waals surface area contributed by atoms with Crippen molar-refractivity contribution in [1.82, 2.24) is 20.5 Å². The molecule has 9 heteroatoms. The van der Waals surface area contributed by atoms with Gasteiger partial charge in [0, 0.05) is 19.8 Å². The average Bonchev–Trinajstić information content (AvgIpc) is 2.83. The molecule has 2 rings (SSSR count). The van der Waals surface area contributed by atoms with Crippen LogP contribution in [0.3, 0.4) is 0 Å². The number of carbonyl (C=O) groups excluding carboxylic acids is 1. The van der Waals surface area contributed by atoms with Crippen LogP contribution in [0.2, 0.25) is 0 Å². The van der Waals surface area contributed by atoms with Crippen LogP contribution in [0.25, 0.3) is 0 Å². The lowest BCUT2D eigenvalue weighted by atomic mass is 10.1. The maximum Gasteiger partial charge on any atom is 0.412 e. The number of hydrogen-bond donors (Lipinski definition) is 2. The molecular formula is C20H32FN5O3. The molecule has 0 aliphatic carbocycles. The fraction of sp³-hybridized carbons (Fsp3) is 0.650. The van der Waals surface area contributed by atoms with Crippen LogP contribution in [-0.2, 0) is 16.0 Å². The summed E-state index contributed by atoms with van der Waals surface area (Å²) in [6, 6.07) is 2.63. The molecule has 2 N–H and O–H groups in total. The molecule has 162 valence electrons. The largest absolute Gasteiger partial charge is 0.444 e. The molecule has 0 bridgehead atoms. The summed E-state index contributed by atoms with van der Waals surface area (Å²) >= 11 is 0. The Kier molecular flexibility index (Phi) is 7.05. The number of ether oxygens (including phenoxy) is 2. The van der Waals surface area contributed by atoms with Crippen LogP contribution >= 0.6 is 0 Å². The van der Waals surface area contributed by atoms with Crippen molar-refractivity contribution in [2.45, 2.75) is 71.6 Å². The summed E-state index contributed by atoms with van der Waals surface area (Å²) in [7, 11) is 1.62. The fourth-order valence-corrected chi connectivity index (χ4v) is 3.26. The zero-order chi connectivity index (χ0) is 21.8. The number of nitrogens with one attached hydrogen (secondary N) is 2. The Morgan fingerprint density at radius 2 is 2.10 bits per heavy atom. The fourth-order valence-electron chi connectivity index (χ4n) is 3.26. The van der Waals surface area contributed by atoms with Gasteiger partial charge in [-0.2, -0.15) is 0 Å². The Morgan fingerprint density at radius 3 is 2.69 bits per heavy atom. The quantitative estimate of drug-likeness (QED) is 0.587. The third kappa shape index (κ3) is 6.03. The van der Waals surface area contributed by atoms with Gasteiger partial charge in [-0.05, 0) is 53.7 Å². The molecule has 2 unspecified atom stereocenters. The monoisotopic (exact) mass is 409 g/mol. The highest BCUT2D eigenvalue weighted by Gasteiger charge is 2.49. The summed E-state index contributed by atoms with van der Waals surface area (Å²) in [5.41, 5.74) is -1.12. The van der Waals surface area contributed by atoms with E-state index in [0.717, 1.165) is 0 Å². The van der Waals surface area contributed by atoms with Crippen molar-refractivity contribution in [3.05, 3.63) is 29.8 Å². The van der Waals surface area contributed by atoms with E-state index in [-0.39, 0.29) is 24.5 Å². The van der Waals surface area contributed by atoms with Crippen molar-refractivity contribution >= 4 is 12.1 Å². The lowest BCUT2D eigenvalue weighted by molar-refractivity contribution is -0.0755. The predicted molar refractivity (Wildman–Crippen MR) is 109 cm³/mol. The van der Waals surface area contributed by atoms with E-state index in [4.69, 9.17) is 9.47 Å². The maximum atomic E-state index is 13.8. The van der Waals surface area contributed by atoms with Crippen molar-refractivity contribution < 1.29 is 18.7 Å². The second kappa shape index (κ2) is 8.94. The minimum absolute atomic E-state index is 0.185. The highest BCUT2D eigenvalue weighted by molar-refractivity contribution is 5.79. The van der Waals surface area contributed by atoms with E-state index in [0.29, 0.717) is 18.2 Å². The zero-order valence-corrected chi connectivity index (χ0v) is 18.2. The predicted octanol–water partition coefficient (Wildman–Crippen LogP) is 2.65. The molecule has 8 nitrogen and oxygen atoms in total. The van der Waals surface area contributed by atoms with Crippen LogP contribution in [0.4, 0.5) is 9.18 Å². The standard InChI is InChI=1S/C20H32FN5O3/c1-13-16(26(20(5,6)28-13)18(27)29-19(2,3)4)12-25-17(22-7)24-11-15-14(21)9-8-10-23-15/h8-10,13,16H,11-12H2,1-7H3,(H2,22,24,25). The molecule has 0 spiro atoms. The van der Waals surface area contributed by atoms with Crippen LogP contribution < -0.4 is 10.6 Å². The number of hydrogen-bond acceptors (Lipinski definition) is 5. The van der Waals surface area contributed by atoms with E-state index < -0.39 is 17.4 Å². The summed E-state index contributed by atoms with van der Waals surface area (Å²) in [5, 5.41) is 6.21. The number of rotatable bonds is 4. The van der Waals surface area contributed by atoms with Gasteiger partial charge in [0.05, 0.1) is 24.4 Å². The van der Waals surface area contributed by atoms with Crippen LogP contribution in [0.1, 0.15) is 47.2 Å². The van der Waals surface area contributed by atoms with E-state index in [9.17, 15) is 9.18 Å². The summed E-state index contributed by atoms with van der Waals surface area (Å²) in [4.78, 5) is 22.6. The SMILES string of the molecule is CN=C(NCc1ncccc1F)NCC1C(C)OC(C)(C)N1C(=O)OC(C)(C)C. The van der Waals surface area contributed by atoms with Gasteiger partial charge < -0.3 is 20.1 Å². The van der Waals surface area contributed by atoms with Gasteiger partial charge in [-0.15, -0.1) is 0 Å². The van der Waals surface area contributed by atoms with Gasteiger partial charge in [0.2, 0.25) is 0 Å². The van der Waals surface area contributed by atoms with Crippen molar-refractivity contribution in [3.63, 3.8) is 0 Å². The van der Waals surface area contributed by atoms with Gasteiger partial charge >= 0.3 is 6.09 Å². The van der Waals surface area contributed by atoms with Crippen LogP contribution in [0, 0.1) is 5.82 Å². The van der Waals surface area contributed by atoms with E-state index in [1.807, 2.05) is 41.5 Å². The molecule has 1 fully saturated rings. The molecule has 2 atom stereocenters. The van der Waals surface area contributed by atoms with Gasteiger partial charge in [0.1, 0.15) is 17.1 Å². The third-order valence-corrected chi connectivity index (χ3v) is 4.48. The number of nitrogens with zero attached hydrogens (tertiary/aromatic N) is 3. The Labute approximate surface area is 171 Å². The second-order valence-electron chi connectivity index (χ2n) is 8.43. The number of amides is 1. The molecular weight excluding hydrogens is 377 g/mol. The molecule has 1 aromatic heterocycles. The number of halogens is 1. The Bertz CT molecular complexity index is 748. The van der Waals surface area contributed by atoms with Crippen LogP contribution in [0.5, 0.6) is 0 Å². The number of guanidine groups is 1. The van der Waals surface area contributed by atoms with Crippen LogP contribution in [0.15, 0.2) is 23.3 Å². The van der Waals surface area contributed by atoms with Crippen molar-refractivity contribution in [2.24, 2.45) is 4.99 Å². The van der Waals surface area contributed by atoms with Gasteiger partial charge in [-0.3, -0.25) is 14.9 Å². The van der Waals surface area contributed by atoms with E-state index in [2.05, 4.69) is 20.6 Å². The van der Waals surface area contributed by atoms with E-state index in [1.165, 1.54) is 12.3 Å². The first-order valence-corrected chi connectivity index (χ1v) is 9.68. The first kappa shape index (κ1) is 22.9. The van der Waals surface area contributed by atoms with Gasteiger partial charge in [0.25, 0.3) is 0 Å². The molecule has 29 heavy (non-hydrogen) atoms. The first-order valence-electron chi connectivity index (χ1n) is 9.68. The number of pyridine rings is 1. The van der Waals surface area contributed by atoms with Gasteiger partial charge in [-0.1, -0.05) is 0 Å². The lowest BCUT2D eigenvalue weighted by Gasteiger charge is -2.35. The normalized spacial score (nSPS) is 21.8. The van der Waals surface area contributed by atoms with E-state index >= 15 is 0 Å². The maximum absolute atomic E-state index is 13.8. The molecule has 1 aliphatic rings. The number of aliphatic imine (C=N–C) groups is 1. The smallest absolute Gasteiger partial charge is 0.412 e. The Balaban J connectivity index is 2.03. The average molecular weight is 410 g/mol. The topological polar surface area (TPSA) is 88.1 Å². The molecule has 1 saturated heterocycles. The highest BCUT2D eigenvalue weighted by atomic mass is 19.1. The molecule has 0 saturated carbocycles.